The fourth-order valence-electron chi connectivity index (χ4n) is 2.18. The van der Waals surface area contributed by atoms with Crippen molar-refractivity contribution in [1.29, 1.82) is 0 Å². The highest BCUT2D eigenvalue weighted by Gasteiger charge is 2.27. The third kappa shape index (κ3) is 3.35. The van der Waals surface area contributed by atoms with Crippen molar-refractivity contribution in [3.63, 3.8) is 0 Å². The normalized spacial score (nSPS) is 11.2. The summed E-state index contributed by atoms with van der Waals surface area (Å²) < 4.78 is 42.1. The Hall–Kier alpha value is -2.55. The first-order valence-corrected chi connectivity index (χ1v) is 8.56. The summed E-state index contributed by atoms with van der Waals surface area (Å²) in [5, 5.41) is 3.74. The van der Waals surface area contributed by atoms with E-state index in [1.807, 2.05) is 4.72 Å². The lowest BCUT2D eigenvalue weighted by atomic mass is 10.1. The lowest BCUT2D eigenvalue weighted by Gasteiger charge is -2.12. The van der Waals surface area contributed by atoms with E-state index in [1.165, 1.54) is 32.4 Å². The number of benzene rings is 1. The Morgan fingerprint density at radius 3 is 2.58 bits per heavy atom. The smallest absolute Gasteiger partial charge is 0.270 e. The Kier molecular flexibility index (Phi) is 5.13. The molecule has 1 aromatic heterocycles. The Morgan fingerprint density at radius 2 is 2.00 bits per heavy atom. The number of amides is 1. The number of methoxy groups -OCH3 is 2. The highest BCUT2D eigenvalue weighted by molar-refractivity contribution is 7.90. The summed E-state index contributed by atoms with van der Waals surface area (Å²) in [5.41, 5.74) is 0.510. The first-order valence-electron chi connectivity index (χ1n) is 7.08. The molecule has 0 aliphatic carbocycles. The number of carbonyl (C=O) groups is 1. The maximum absolute atomic E-state index is 12.5. The van der Waals surface area contributed by atoms with Gasteiger partial charge in [0.1, 0.15) is 27.7 Å². The molecule has 0 bridgehead atoms. The fraction of sp³-hybridized carbons (Fsp3) is 0.333. The summed E-state index contributed by atoms with van der Waals surface area (Å²) in [6, 6.07) is 4.18. The maximum Gasteiger partial charge on any atom is 0.270 e. The quantitative estimate of drug-likeness (QED) is 0.841. The predicted octanol–water partition coefficient (Wildman–Crippen LogP) is 1.68. The molecule has 9 heteroatoms. The predicted molar refractivity (Wildman–Crippen MR) is 84.8 cm³/mol. The van der Waals surface area contributed by atoms with Gasteiger partial charge in [0.25, 0.3) is 15.9 Å². The van der Waals surface area contributed by atoms with E-state index in [0.717, 1.165) is 0 Å². The van der Waals surface area contributed by atoms with Gasteiger partial charge in [0.2, 0.25) is 0 Å². The van der Waals surface area contributed by atoms with Gasteiger partial charge in [-0.15, -0.1) is 0 Å². The fourth-order valence-corrected chi connectivity index (χ4v) is 3.29. The molecule has 2 aromatic rings. The molecule has 8 nitrogen and oxygen atoms in total. The van der Waals surface area contributed by atoms with Gasteiger partial charge in [-0.3, -0.25) is 4.79 Å². The molecule has 0 fully saturated rings. The van der Waals surface area contributed by atoms with Crippen LogP contribution in [0.1, 0.15) is 28.7 Å². The Labute approximate surface area is 139 Å². The molecule has 0 saturated carbocycles. The molecule has 1 heterocycles. The van der Waals surface area contributed by atoms with Crippen LogP contribution in [0.15, 0.2) is 27.6 Å². The summed E-state index contributed by atoms with van der Waals surface area (Å²) in [4.78, 5) is 12.2. The van der Waals surface area contributed by atoms with Crippen LogP contribution in [0.3, 0.4) is 0 Å². The molecule has 0 aliphatic heterocycles. The van der Waals surface area contributed by atoms with Gasteiger partial charge in [-0.25, -0.2) is 13.1 Å². The molecule has 24 heavy (non-hydrogen) atoms. The van der Waals surface area contributed by atoms with Crippen molar-refractivity contribution in [2.24, 2.45) is 0 Å². The molecule has 130 valence electrons. The van der Waals surface area contributed by atoms with E-state index in [1.54, 1.807) is 13.8 Å². The van der Waals surface area contributed by atoms with Crippen molar-refractivity contribution in [3.05, 3.63) is 35.2 Å². The number of nitrogens with one attached hydrogen (secondary N) is 1. The minimum Gasteiger partial charge on any atom is -0.497 e. The van der Waals surface area contributed by atoms with E-state index >= 15 is 0 Å². The summed E-state index contributed by atoms with van der Waals surface area (Å²) >= 11 is 0. The van der Waals surface area contributed by atoms with E-state index in [-0.39, 0.29) is 22.0 Å². The average Bonchev–Trinajstić information content (AvgIpc) is 2.94. The van der Waals surface area contributed by atoms with Crippen molar-refractivity contribution >= 4 is 15.9 Å². The van der Waals surface area contributed by atoms with Crippen molar-refractivity contribution in [1.82, 2.24) is 9.88 Å². The van der Waals surface area contributed by atoms with Crippen LogP contribution in [-0.4, -0.2) is 33.7 Å². The number of rotatable bonds is 6. The first kappa shape index (κ1) is 17.8. The van der Waals surface area contributed by atoms with Gasteiger partial charge < -0.3 is 14.0 Å². The highest BCUT2D eigenvalue weighted by atomic mass is 32.2. The van der Waals surface area contributed by atoms with Gasteiger partial charge in [-0.05, 0) is 25.5 Å². The maximum atomic E-state index is 12.5. The van der Waals surface area contributed by atoms with Gasteiger partial charge in [-0.1, -0.05) is 12.1 Å². The molecule has 0 unspecified atom stereocenters. The van der Waals surface area contributed by atoms with Gasteiger partial charge in [0.15, 0.2) is 0 Å². The monoisotopic (exact) mass is 354 g/mol. The average molecular weight is 354 g/mol. The SMILES string of the molecule is CCc1noc(C)c1C(=O)NS(=O)(=O)c1ccc(OC)cc1OC. The van der Waals surface area contributed by atoms with Crippen LogP contribution >= 0.6 is 0 Å². The number of carbonyl (C=O) groups excluding carboxylic acids is 1. The van der Waals surface area contributed by atoms with Gasteiger partial charge in [0, 0.05) is 6.07 Å². The summed E-state index contributed by atoms with van der Waals surface area (Å²) in [5.74, 6) is -0.0580. The molecule has 2 rings (SSSR count). The standard InChI is InChI=1S/C15H18N2O6S/c1-5-11-14(9(2)23-16-11)15(18)17-24(19,20)13-7-6-10(21-3)8-12(13)22-4/h6-8H,5H2,1-4H3,(H,17,18). The lowest BCUT2D eigenvalue weighted by molar-refractivity contribution is 0.0979. The van der Waals surface area contributed by atoms with Crippen LogP contribution in [0.2, 0.25) is 0 Å². The van der Waals surface area contributed by atoms with Gasteiger partial charge in [-0.2, -0.15) is 0 Å². The number of hydrogen-bond donors (Lipinski definition) is 1. The second kappa shape index (κ2) is 6.91. The third-order valence-corrected chi connectivity index (χ3v) is 4.75. The molecule has 0 aliphatic rings. The number of nitrogens with zero attached hydrogens (tertiary/aromatic N) is 1. The molecule has 1 N–H and O–H groups in total. The van der Waals surface area contributed by atoms with Crippen LogP contribution in [0, 0.1) is 6.92 Å². The Balaban J connectivity index is 2.38. The van der Waals surface area contributed by atoms with Crippen LogP contribution in [0.25, 0.3) is 0 Å². The van der Waals surface area contributed by atoms with Crippen molar-refractivity contribution in [2.45, 2.75) is 25.2 Å². The molecule has 0 saturated heterocycles. The second-order valence-corrected chi connectivity index (χ2v) is 6.52. The molecule has 1 aromatic carbocycles. The summed E-state index contributed by atoms with van der Waals surface area (Å²) in [6.07, 6.45) is 0.437. The highest BCUT2D eigenvalue weighted by Crippen LogP contribution is 2.28. The molecule has 1 amide bonds. The molecule has 0 atom stereocenters. The van der Waals surface area contributed by atoms with Crippen LogP contribution in [0.5, 0.6) is 11.5 Å². The first-order chi connectivity index (χ1) is 11.3. The molecular formula is C15H18N2O6S. The van der Waals surface area contributed by atoms with Crippen molar-refractivity contribution in [3.8, 4) is 11.5 Å². The Bertz CT molecular complexity index is 857. The van der Waals surface area contributed by atoms with E-state index < -0.39 is 15.9 Å². The van der Waals surface area contributed by atoms with Gasteiger partial charge in [0.05, 0.1) is 19.9 Å². The van der Waals surface area contributed by atoms with Crippen molar-refractivity contribution in [2.75, 3.05) is 14.2 Å². The zero-order valence-electron chi connectivity index (χ0n) is 13.7. The Morgan fingerprint density at radius 1 is 1.29 bits per heavy atom. The molecule has 0 radical (unpaired) electrons. The number of aromatic nitrogens is 1. The van der Waals surface area contributed by atoms with Gasteiger partial charge >= 0.3 is 0 Å². The van der Waals surface area contributed by atoms with E-state index in [2.05, 4.69) is 5.16 Å². The minimum absolute atomic E-state index is 0.0624. The zero-order valence-corrected chi connectivity index (χ0v) is 14.6. The van der Waals surface area contributed by atoms with E-state index in [9.17, 15) is 13.2 Å². The number of aryl methyl sites for hydroxylation is 2. The molecule has 0 spiro atoms. The third-order valence-electron chi connectivity index (χ3n) is 3.38. The summed E-state index contributed by atoms with van der Waals surface area (Å²) in [6.45, 7) is 3.33. The van der Waals surface area contributed by atoms with E-state index in [4.69, 9.17) is 14.0 Å². The van der Waals surface area contributed by atoms with Crippen LogP contribution in [-0.2, 0) is 16.4 Å². The van der Waals surface area contributed by atoms with Crippen LogP contribution < -0.4 is 14.2 Å². The van der Waals surface area contributed by atoms with Crippen molar-refractivity contribution < 1.29 is 27.2 Å². The minimum atomic E-state index is -4.14. The van der Waals surface area contributed by atoms with Crippen LogP contribution in [0.4, 0.5) is 0 Å². The number of ether oxygens (including phenoxy) is 2. The molecular weight excluding hydrogens is 336 g/mol. The largest absolute Gasteiger partial charge is 0.497 e. The zero-order chi connectivity index (χ0) is 17.9. The summed E-state index contributed by atoms with van der Waals surface area (Å²) in [7, 11) is -1.37. The topological polar surface area (TPSA) is 108 Å². The number of hydrogen-bond acceptors (Lipinski definition) is 7. The second-order valence-electron chi connectivity index (χ2n) is 4.87. The lowest BCUT2D eigenvalue weighted by Crippen LogP contribution is -2.31. The number of sulfonamides is 1. The van der Waals surface area contributed by atoms with E-state index in [0.29, 0.717) is 17.9 Å².